The molecule has 1 heterocycles. The van der Waals surface area contributed by atoms with Crippen LogP contribution in [0.15, 0.2) is 18.2 Å². The Balaban J connectivity index is 2.05. The number of rotatable bonds is 6. The Morgan fingerprint density at radius 2 is 1.52 bits per heavy atom. The van der Waals surface area contributed by atoms with E-state index in [1.807, 2.05) is 4.90 Å². The predicted octanol–water partition coefficient (Wildman–Crippen LogP) is 0.283. The average molecular weight is 375 g/mol. The maximum atomic E-state index is 12.6. The van der Waals surface area contributed by atoms with Crippen molar-refractivity contribution in [3.05, 3.63) is 23.8 Å². The maximum absolute atomic E-state index is 12.6. The van der Waals surface area contributed by atoms with E-state index in [0.717, 1.165) is 0 Å². The molecule has 5 N–H and O–H groups in total. The van der Waals surface area contributed by atoms with Crippen molar-refractivity contribution in [3.63, 3.8) is 0 Å². The number of nitrogens with one attached hydrogen (secondary N) is 3. The summed E-state index contributed by atoms with van der Waals surface area (Å²) in [6, 6.07) is 4.69. The molecule has 1 saturated heterocycles. The lowest BCUT2D eigenvalue weighted by atomic mass is 10.0. The van der Waals surface area contributed by atoms with Crippen LogP contribution in [0.4, 0.5) is 11.4 Å². The second-order valence-corrected chi connectivity index (χ2v) is 6.65. The summed E-state index contributed by atoms with van der Waals surface area (Å²) in [6.07, 6.45) is 1.42. The first-order valence-electron chi connectivity index (χ1n) is 8.74. The van der Waals surface area contributed by atoms with Gasteiger partial charge in [0.05, 0.1) is 6.54 Å². The van der Waals surface area contributed by atoms with Crippen molar-refractivity contribution in [1.29, 1.82) is 0 Å². The number of carbonyl (C=O) groups excluding carboxylic acids is 4. The van der Waals surface area contributed by atoms with E-state index in [4.69, 9.17) is 5.73 Å². The zero-order valence-electron chi connectivity index (χ0n) is 15.5. The van der Waals surface area contributed by atoms with E-state index in [-0.39, 0.29) is 36.2 Å². The molecule has 1 fully saturated rings. The van der Waals surface area contributed by atoms with Gasteiger partial charge in [-0.15, -0.1) is 0 Å². The van der Waals surface area contributed by atoms with Crippen LogP contribution >= 0.6 is 0 Å². The van der Waals surface area contributed by atoms with Crippen LogP contribution in [0, 0.1) is 0 Å². The van der Waals surface area contributed by atoms with Gasteiger partial charge < -0.3 is 21.7 Å². The standard InChI is InChI=1S/C18H25N5O4/c1-11(24)20-15-7-13(8-16(9-15)21-12(2)25)18(27)22-14-3-5-23(6-4-14)10-17(19)26/h7-9,14H,3-6,10H2,1-2H3,(H2,19,26)(H,20,24)(H,21,25)(H,22,27). The van der Waals surface area contributed by atoms with Crippen LogP contribution in [-0.2, 0) is 14.4 Å². The quantitative estimate of drug-likeness (QED) is 0.567. The first kappa shape index (κ1) is 20.4. The molecule has 1 aliphatic rings. The molecule has 9 nitrogen and oxygen atoms in total. The number of primary amides is 1. The summed E-state index contributed by atoms with van der Waals surface area (Å²) in [5.74, 6) is -1.20. The Labute approximate surface area is 157 Å². The minimum atomic E-state index is -0.363. The average Bonchev–Trinajstić information content (AvgIpc) is 2.54. The third-order valence-corrected chi connectivity index (χ3v) is 4.14. The van der Waals surface area contributed by atoms with Gasteiger partial charge in [-0.1, -0.05) is 0 Å². The zero-order valence-corrected chi connectivity index (χ0v) is 15.5. The molecular weight excluding hydrogens is 350 g/mol. The van der Waals surface area contributed by atoms with Crippen LogP contribution in [0.25, 0.3) is 0 Å². The third kappa shape index (κ3) is 6.70. The highest BCUT2D eigenvalue weighted by molar-refractivity contribution is 6.00. The van der Waals surface area contributed by atoms with E-state index < -0.39 is 0 Å². The van der Waals surface area contributed by atoms with Gasteiger partial charge >= 0.3 is 0 Å². The molecule has 0 atom stereocenters. The van der Waals surface area contributed by atoms with Gasteiger partial charge in [0.15, 0.2) is 0 Å². The molecule has 9 heteroatoms. The van der Waals surface area contributed by atoms with E-state index in [0.29, 0.717) is 42.9 Å². The summed E-state index contributed by atoms with van der Waals surface area (Å²) in [6.45, 7) is 4.31. The summed E-state index contributed by atoms with van der Waals surface area (Å²) in [7, 11) is 0. The molecule has 146 valence electrons. The number of benzene rings is 1. The van der Waals surface area contributed by atoms with Gasteiger partial charge in [-0.25, -0.2) is 0 Å². The molecule has 2 rings (SSSR count). The summed E-state index contributed by atoms with van der Waals surface area (Å²) in [4.78, 5) is 48.2. The predicted molar refractivity (Wildman–Crippen MR) is 101 cm³/mol. The van der Waals surface area contributed by atoms with Gasteiger partial charge in [0.25, 0.3) is 5.91 Å². The number of piperidine rings is 1. The highest BCUT2D eigenvalue weighted by atomic mass is 16.2. The second kappa shape index (κ2) is 9.13. The number of carbonyl (C=O) groups is 4. The van der Waals surface area contributed by atoms with Gasteiger partial charge in [-0.2, -0.15) is 0 Å². The van der Waals surface area contributed by atoms with Gasteiger partial charge in [-0.3, -0.25) is 24.1 Å². The van der Waals surface area contributed by atoms with Gasteiger partial charge in [0, 0.05) is 49.9 Å². The Hall–Kier alpha value is -2.94. The smallest absolute Gasteiger partial charge is 0.251 e. The van der Waals surface area contributed by atoms with Crippen LogP contribution in [0.3, 0.4) is 0 Å². The number of nitrogens with two attached hydrogens (primary N) is 1. The highest BCUT2D eigenvalue weighted by Crippen LogP contribution is 2.20. The molecule has 0 aromatic heterocycles. The summed E-state index contributed by atoms with van der Waals surface area (Å²) in [5.41, 5.74) is 6.39. The molecule has 1 aromatic carbocycles. The normalized spacial score (nSPS) is 15.0. The summed E-state index contributed by atoms with van der Waals surface area (Å²) < 4.78 is 0. The maximum Gasteiger partial charge on any atom is 0.251 e. The van der Waals surface area contributed by atoms with Gasteiger partial charge in [-0.05, 0) is 31.0 Å². The molecule has 0 radical (unpaired) electrons. The topological polar surface area (TPSA) is 134 Å². The van der Waals surface area contributed by atoms with E-state index >= 15 is 0 Å². The molecule has 0 aliphatic carbocycles. The molecule has 0 saturated carbocycles. The molecule has 0 spiro atoms. The second-order valence-electron chi connectivity index (χ2n) is 6.65. The first-order valence-corrected chi connectivity index (χ1v) is 8.74. The van der Waals surface area contributed by atoms with Crippen molar-refractivity contribution in [1.82, 2.24) is 10.2 Å². The Kier molecular flexibility index (Phi) is 6.89. The molecule has 0 unspecified atom stereocenters. The van der Waals surface area contributed by atoms with Crippen molar-refractivity contribution in [3.8, 4) is 0 Å². The SMILES string of the molecule is CC(=O)Nc1cc(NC(C)=O)cc(C(=O)NC2CCN(CC(N)=O)CC2)c1. The minimum absolute atomic E-state index is 0.0183. The fourth-order valence-electron chi connectivity index (χ4n) is 3.03. The zero-order chi connectivity index (χ0) is 20.0. The van der Waals surface area contributed by atoms with Crippen molar-refractivity contribution >= 4 is 35.0 Å². The molecular formula is C18H25N5O4. The number of anilines is 2. The third-order valence-electron chi connectivity index (χ3n) is 4.14. The Morgan fingerprint density at radius 1 is 1.00 bits per heavy atom. The minimum Gasteiger partial charge on any atom is -0.369 e. The van der Waals surface area contributed by atoms with Crippen LogP contribution in [-0.4, -0.2) is 54.2 Å². The number of amides is 4. The molecule has 1 aliphatic heterocycles. The first-order chi connectivity index (χ1) is 12.7. The van der Waals surface area contributed by atoms with E-state index in [1.165, 1.54) is 13.8 Å². The molecule has 1 aromatic rings. The Morgan fingerprint density at radius 3 is 1.96 bits per heavy atom. The monoisotopic (exact) mass is 375 g/mol. The van der Waals surface area contributed by atoms with Crippen molar-refractivity contribution in [2.45, 2.75) is 32.7 Å². The lowest BCUT2D eigenvalue weighted by molar-refractivity contribution is -0.119. The molecule has 4 amide bonds. The van der Waals surface area contributed by atoms with Crippen LogP contribution < -0.4 is 21.7 Å². The van der Waals surface area contributed by atoms with Crippen molar-refractivity contribution in [2.75, 3.05) is 30.3 Å². The van der Waals surface area contributed by atoms with Crippen LogP contribution in [0.1, 0.15) is 37.0 Å². The highest BCUT2D eigenvalue weighted by Gasteiger charge is 2.22. The van der Waals surface area contributed by atoms with Crippen LogP contribution in [0.5, 0.6) is 0 Å². The largest absolute Gasteiger partial charge is 0.369 e. The Bertz CT molecular complexity index is 707. The molecule has 0 bridgehead atoms. The number of hydrogen-bond acceptors (Lipinski definition) is 5. The summed E-state index contributed by atoms with van der Waals surface area (Å²) in [5, 5.41) is 8.20. The van der Waals surface area contributed by atoms with Crippen LogP contribution in [0.2, 0.25) is 0 Å². The van der Waals surface area contributed by atoms with E-state index in [1.54, 1.807) is 18.2 Å². The number of hydrogen-bond donors (Lipinski definition) is 4. The lowest BCUT2D eigenvalue weighted by Crippen LogP contribution is -2.46. The lowest BCUT2D eigenvalue weighted by Gasteiger charge is -2.31. The van der Waals surface area contributed by atoms with Crippen molar-refractivity contribution < 1.29 is 19.2 Å². The fraction of sp³-hybridized carbons (Fsp3) is 0.444. The van der Waals surface area contributed by atoms with Crippen molar-refractivity contribution in [2.24, 2.45) is 5.73 Å². The van der Waals surface area contributed by atoms with Gasteiger partial charge in [0.1, 0.15) is 0 Å². The summed E-state index contributed by atoms with van der Waals surface area (Å²) >= 11 is 0. The van der Waals surface area contributed by atoms with Gasteiger partial charge in [0.2, 0.25) is 17.7 Å². The molecule has 27 heavy (non-hydrogen) atoms. The number of nitrogens with zero attached hydrogens (tertiary/aromatic N) is 1. The fourth-order valence-corrected chi connectivity index (χ4v) is 3.03. The van der Waals surface area contributed by atoms with E-state index in [2.05, 4.69) is 16.0 Å². The van der Waals surface area contributed by atoms with E-state index in [9.17, 15) is 19.2 Å². The number of likely N-dealkylation sites (tertiary alicyclic amines) is 1.